The summed E-state index contributed by atoms with van der Waals surface area (Å²) in [7, 11) is 0. The maximum atomic E-state index is 15.7. The first-order chi connectivity index (χ1) is 34.7. The molecule has 5 fully saturated rings. The van der Waals surface area contributed by atoms with Crippen molar-refractivity contribution in [1.82, 2.24) is 40.6 Å². The molecule has 5 saturated heterocycles. The average Bonchev–Trinajstić information content (AvgIpc) is 3.68. The normalized spacial score (nSPS) is 21.5. The van der Waals surface area contributed by atoms with Crippen LogP contribution in [0.1, 0.15) is 112 Å². The third-order valence-corrected chi connectivity index (χ3v) is 15.9. The van der Waals surface area contributed by atoms with Gasteiger partial charge in [-0.2, -0.15) is 0 Å². The van der Waals surface area contributed by atoms with Crippen LogP contribution in [-0.2, 0) is 32.3 Å². The van der Waals surface area contributed by atoms with E-state index >= 15 is 8.78 Å². The van der Waals surface area contributed by atoms with Gasteiger partial charge in [0.05, 0.1) is 17.8 Å². The molecule has 0 radical (unpaired) electrons. The number of imide groups is 1. The molecule has 1 spiro atoms. The summed E-state index contributed by atoms with van der Waals surface area (Å²) in [6.45, 7) is 13.3. The largest absolute Gasteiger partial charge is 0.385 e. The smallest absolute Gasteiger partial charge is 0.255 e. The van der Waals surface area contributed by atoms with Gasteiger partial charge >= 0.3 is 0 Å². The molecule has 2 aromatic carbocycles. The Balaban J connectivity index is 0.631. The van der Waals surface area contributed by atoms with Crippen molar-refractivity contribution in [3.63, 3.8) is 0 Å². The van der Waals surface area contributed by atoms with Gasteiger partial charge in [0.1, 0.15) is 35.6 Å². The van der Waals surface area contributed by atoms with E-state index in [0.29, 0.717) is 94.2 Å². The van der Waals surface area contributed by atoms with E-state index in [1.165, 1.54) is 18.5 Å². The van der Waals surface area contributed by atoms with Crippen LogP contribution in [0.25, 0.3) is 0 Å². The van der Waals surface area contributed by atoms with Crippen LogP contribution in [0, 0.1) is 23.0 Å². The molecule has 3 aromatic rings. The molecule has 1 aromatic heterocycles. The highest BCUT2D eigenvalue weighted by Gasteiger charge is 2.43. The van der Waals surface area contributed by atoms with Crippen LogP contribution in [0.3, 0.4) is 0 Å². The van der Waals surface area contributed by atoms with Crippen LogP contribution in [0.4, 0.5) is 31.8 Å². The Hall–Kier alpha value is -5.95. The number of carbonyl (C=O) groups excluding carboxylic acids is 5. The molecule has 1 atom stereocenters. The molecule has 7 heterocycles. The summed E-state index contributed by atoms with van der Waals surface area (Å²) in [5.74, 6) is 0.153. The van der Waals surface area contributed by atoms with E-state index in [1.54, 1.807) is 9.80 Å². The average molecular weight is 995 g/mol. The van der Waals surface area contributed by atoms with E-state index in [1.807, 2.05) is 29.2 Å². The van der Waals surface area contributed by atoms with Gasteiger partial charge in [-0.05, 0) is 132 Å². The van der Waals surface area contributed by atoms with E-state index in [0.717, 1.165) is 101 Å². The van der Waals surface area contributed by atoms with Crippen molar-refractivity contribution >= 4 is 52.5 Å². The van der Waals surface area contributed by atoms with Crippen molar-refractivity contribution in [3.8, 4) is 0 Å². The highest BCUT2D eigenvalue weighted by atomic mass is 19.1. The van der Waals surface area contributed by atoms with Gasteiger partial charge in [-0.3, -0.25) is 34.2 Å². The van der Waals surface area contributed by atoms with E-state index in [2.05, 4.69) is 60.2 Å². The molecule has 5 amide bonds. The molecule has 1 unspecified atom stereocenters. The summed E-state index contributed by atoms with van der Waals surface area (Å²) in [5, 5.41) is 16.0. The second-order valence-corrected chi connectivity index (χ2v) is 21.7. The van der Waals surface area contributed by atoms with Gasteiger partial charge in [0.2, 0.25) is 23.6 Å². The number of anilines is 4. The monoisotopic (exact) mass is 995 g/mol. The number of unbranched alkanes of at least 4 members (excludes halogenated alkanes) is 1. The number of piperazine rings is 1. The van der Waals surface area contributed by atoms with E-state index in [-0.39, 0.29) is 47.7 Å². The van der Waals surface area contributed by atoms with Crippen LogP contribution < -0.4 is 36.4 Å². The molecule has 17 nitrogen and oxygen atoms in total. The molecule has 0 saturated carbocycles. The summed E-state index contributed by atoms with van der Waals surface area (Å²) in [6.07, 6.45) is 10.5. The van der Waals surface area contributed by atoms with Crippen molar-refractivity contribution in [2.24, 2.45) is 11.3 Å². The first kappa shape index (κ1) is 51.0. The van der Waals surface area contributed by atoms with Crippen LogP contribution >= 0.6 is 0 Å². The second-order valence-electron chi connectivity index (χ2n) is 21.7. The van der Waals surface area contributed by atoms with Gasteiger partial charge in [-0.15, -0.1) is 0 Å². The minimum atomic E-state index is -0.616. The highest BCUT2D eigenvalue weighted by molar-refractivity contribution is 6.05. The van der Waals surface area contributed by atoms with Crippen molar-refractivity contribution in [2.45, 2.75) is 116 Å². The molecular formula is C53H72F2N12O5. The van der Waals surface area contributed by atoms with Crippen molar-refractivity contribution < 1.29 is 32.8 Å². The number of nitrogens with zero attached hydrogens (tertiary/aromatic N) is 7. The van der Waals surface area contributed by atoms with Gasteiger partial charge < -0.3 is 40.9 Å². The van der Waals surface area contributed by atoms with Crippen molar-refractivity contribution in [2.75, 3.05) is 99.0 Å². The summed E-state index contributed by atoms with van der Waals surface area (Å²) < 4.78 is 31.2. The van der Waals surface area contributed by atoms with Crippen LogP contribution in [0.2, 0.25) is 0 Å². The van der Waals surface area contributed by atoms with E-state index < -0.39 is 29.1 Å². The second kappa shape index (κ2) is 22.4. The van der Waals surface area contributed by atoms with E-state index in [9.17, 15) is 24.0 Å². The Morgan fingerprint density at radius 2 is 1.56 bits per heavy atom. The molecule has 9 rings (SSSR count). The lowest BCUT2D eigenvalue weighted by Crippen LogP contribution is -2.66. The predicted octanol–water partition coefficient (Wildman–Crippen LogP) is 5.03. The quantitative estimate of drug-likeness (QED) is 0.0846. The summed E-state index contributed by atoms with van der Waals surface area (Å²) in [4.78, 5) is 81.7. The number of fused-ring (bicyclic) bond motifs is 1. The number of piperidine rings is 4. The molecule has 72 heavy (non-hydrogen) atoms. The topological polar surface area (TPSA) is 187 Å². The Kier molecular flexibility index (Phi) is 15.9. The Morgan fingerprint density at radius 1 is 0.792 bits per heavy atom. The molecule has 5 N–H and O–H groups in total. The predicted molar refractivity (Wildman–Crippen MR) is 271 cm³/mol. The van der Waals surface area contributed by atoms with Crippen molar-refractivity contribution in [3.05, 3.63) is 71.1 Å². The lowest BCUT2D eigenvalue weighted by molar-refractivity contribution is -0.137. The fourth-order valence-corrected chi connectivity index (χ4v) is 11.3. The maximum Gasteiger partial charge on any atom is 0.255 e. The number of likely N-dealkylation sites (tertiary alicyclic amines) is 2. The third-order valence-electron chi connectivity index (χ3n) is 15.9. The summed E-state index contributed by atoms with van der Waals surface area (Å²) in [6, 6.07) is 9.58. The zero-order valence-electron chi connectivity index (χ0n) is 42.0. The number of halogens is 2. The number of hydrogen-bond donors (Lipinski definition) is 5. The SMILES string of the molecule is CC1(C)CCN(Cc2cc(F)c(N3CC(=O)NC4(CCN(c5cc(NCCCC(=O)N6CCC(CNCCCCNc7ccc8c(c7)CN(C7CCC(=O)NC7=O)C8=O)CC6)ncn5)CC4)C3)cc2F)CC1. The lowest BCUT2D eigenvalue weighted by atomic mass is 9.82. The Labute approximate surface area is 421 Å². The maximum absolute atomic E-state index is 15.7. The Bertz CT molecular complexity index is 2470. The molecule has 6 aliphatic rings. The van der Waals surface area contributed by atoms with Gasteiger partial charge in [0.25, 0.3) is 5.91 Å². The molecular weight excluding hydrogens is 923 g/mol. The number of amides is 5. The van der Waals surface area contributed by atoms with Crippen LogP contribution in [0.15, 0.2) is 42.7 Å². The number of benzene rings is 2. The zero-order valence-corrected chi connectivity index (χ0v) is 42.0. The molecule has 0 aliphatic carbocycles. The number of hydrogen-bond acceptors (Lipinski definition) is 13. The highest BCUT2D eigenvalue weighted by Crippen LogP contribution is 2.35. The number of nitrogens with one attached hydrogen (secondary N) is 5. The first-order valence-electron chi connectivity index (χ1n) is 26.3. The number of rotatable bonds is 18. The Morgan fingerprint density at radius 3 is 2.33 bits per heavy atom. The minimum absolute atomic E-state index is 0.0288. The van der Waals surface area contributed by atoms with E-state index in [4.69, 9.17) is 0 Å². The number of aromatic nitrogens is 2. The van der Waals surface area contributed by atoms with Gasteiger partial charge in [0.15, 0.2) is 0 Å². The summed E-state index contributed by atoms with van der Waals surface area (Å²) in [5.41, 5.74) is 2.61. The van der Waals surface area contributed by atoms with Gasteiger partial charge in [-0.25, -0.2) is 18.7 Å². The van der Waals surface area contributed by atoms with Gasteiger partial charge in [-0.1, -0.05) is 13.8 Å². The zero-order chi connectivity index (χ0) is 50.4. The van der Waals surface area contributed by atoms with Crippen molar-refractivity contribution in [1.29, 1.82) is 0 Å². The molecule has 19 heteroatoms. The molecule has 388 valence electrons. The number of carbonyl (C=O) groups is 5. The fraction of sp³-hybridized carbons (Fsp3) is 0.604. The summed E-state index contributed by atoms with van der Waals surface area (Å²) >= 11 is 0. The fourth-order valence-electron chi connectivity index (χ4n) is 11.3. The first-order valence-corrected chi connectivity index (χ1v) is 26.3. The lowest BCUT2D eigenvalue weighted by Gasteiger charge is -2.48. The van der Waals surface area contributed by atoms with Crippen LogP contribution in [0.5, 0.6) is 0 Å². The molecule has 6 aliphatic heterocycles. The third kappa shape index (κ3) is 12.4. The standard InChI is InChI=1S/C53H72F2N12O5/c1-52(2)13-22-63(23-14-52)31-38-27-42(55)44(28-41(38)54)66-33-48(69)62-53(34-66)15-24-64(25-16-53)46-29-45(59-35-60-46)58-19-5-6-49(70)65-20-11-36(12-21-65)30-56-17-3-4-18-57-39-7-8-40-37(26-39)32-67(51(40)72)43-9-10-47(68)61-50(43)71/h7-8,26-29,35-36,43,56-57H,3-6,9-25,30-34H2,1-2H3,(H,62,69)(H,58,59,60)(H,61,68,71). The van der Waals surface area contributed by atoms with Gasteiger partial charge in [0, 0.05) is 101 Å². The van der Waals surface area contributed by atoms with Crippen LogP contribution in [-0.4, -0.2) is 144 Å². The minimum Gasteiger partial charge on any atom is -0.385 e. The molecule has 0 bridgehead atoms.